The predicted octanol–water partition coefficient (Wildman–Crippen LogP) is -0.122. The second-order valence-corrected chi connectivity index (χ2v) is 4.14. The van der Waals surface area contributed by atoms with Crippen molar-refractivity contribution in [3.8, 4) is 0 Å². The van der Waals surface area contributed by atoms with Gasteiger partial charge in [-0.3, -0.25) is 0 Å². The third-order valence-corrected chi connectivity index (χ3v) is 2.92. The van der Waals surface area contributed by atoms with E-state index < -0.39 is 12.3 Å². The van der Waals surface area contributed by atoms with Crippen molar-refractivity contribution >= 4 is 0 Å². The molecular formula is C12H25NO5. The molecule has 0 aromatic rings. The van der Waals surface area contributed by atoms with E-state index in [0.717, 1.165) is 0 Å². The lowest BCUT2D eigenvalue weighted by molar-refractivity contribution is -0.267. The maximum absolute atomic E-state index is 9.79. The summed E-state index contributed by atoms with van der Waals surface area (Å²) in [7, 11) is 0. The molecule has 0 radical (unpaired) electrons. The fourth-order valence-corrected chi connectivity index (χ4v) is 2.10. The number of ether oxygens (including phenoxy) is 4. The molecule has 0 spiro atoms. The Kier molecular flexibility index (Phi) is 7.06. The van der Waals surface area contributed by atoms with Gasteiger partial charge in [-0.15, -0.1) is 0 Å². The van der Waals surface area contributed by atoms with Gasteiger partial charge in [-0.25, -0.2) is 0 Å². The highest BCUT2D eigenvalue weighted by molar-refractivity contribution is 4.93. The van der Waals surface area contributed by atoms with E-state index in [2.05, 4.69) is 0 Å². The highest BCUT2D eigenvalue weighted by Crippen LogP contribution is 2.24. The van der Waals surface area contributed by atoms with Crippen molar-refractivity contribution in [1.29, 1.82) is 0 Å². The molecule has 1 fully saturated rings. The Bertz CT molecular complexity index is 229. The van der Waals surface area contributed by atoms with E-state index in [1.165, 1.54) is 0 Å². The molecule has 0 amide bonds. The minimum atomic E-state index is -1.05. The van der Waals surface area contributed by atoms with Crippen molar-refractivity contribution in [3.05, 3.63) is 0 Å². The Hall–Kier alpha value is -0.240. The topological polar surface area (TPSA) is 83.2 Å². The van der Waals surface area contributed by atoms with E-state index in [0.29, 0.717) is 26.4 Å². The van der Waals surface area contributed by atoms with E-state index in [1.807, 2.05) is 20.8 Å². The third-order valence-electron chi connectivity index (χ3n) is 2.92. The summed E-state index contributed by atoms with van der Waals surface area (Å²) < 4.78 is 22.0. The molecule has 1 aliphatic rings. The summed E-state index contributed by atoms with van der Waals surface area (Å²) in [6.07, 6.45) is -2.12. The van der Waals surface area contributed by atoms with Crippen LogP contribution in [0.2, 0.25) is 0 Å². The van der Waals surface area contributed by atoms with Gasteiger partial charge >= 0.3 is 0 Å². The van der Waals surface area contributed by atoms with Crippen LogP contribution in [0.1, 0.15) is 20.8 Å². The average Bonchev–Trinajstić information content (AvgIpc) is 2.36. The van der Waals surface area contributed by atoms with Crippen LogP contribution in [0.25, 0.3) is 0 Å². The Morgan fingerprint density at radius 3 is 2.22 bits per heavy atom. The minimum absolute atomic E-state index is 0.320. The molecule has 1 saturated heterocycles. The largest absolute Gasteiger partial charge is 0.379 e. The summed E-state index contributed by atoms with van der Waals surface area (Å²) >= 11 is 0. The molecule has 6 heteroatoms. The molecular weight excluding hydrogens is 238 g/mol. The Labute approximate surface area is 108 Å². The molecule has 1 unspecified atom stereocenters. The second-order valence-electron chi connectivity index (χ2n) is 4.14. The standard InChI is InChI=1S/C12H25NO5/c1-4-15-7-8-10(16-5-2)11(17-6-3)9(13)12(14)18-8/h8-12,14H,4-7,13H2,1-3H3/t8-,9-,10-,11-,12?/m1/s1. The number of rotatable bonds is 7. The van der Waals surface area contributed by atoms with Gasteiger partial charge in [0.2, 0.25) is 0 Å². The lowest BCUT2D eigenvalue weighted by atomic mass is 9.97. The number of nitrogens with two attached hydrogens (primary N) is 1. The molecule has 0 saturated carbocycles. The number of hydrogen-bond acceptors (Lipinski definition) is 6. The Balaban J connectivity index is 2.74. The molecule has 1 aliphatic heterocycles. The van der Waals surface area contributed by atoms with Gasteiger partial charge in [-0.1, -0.05) is 0 Å². The molecule has 6 nitrogen and oxygen atoms in total. The monoisotopic (exact) mass is 263 g/mol. The lowest BCUT2D eigenvalue weighted by Gasteiger charge is -2.43. The van der Waals surface area contributed by atoms with Crippen LogP contribution in [0, 0.1) is 0 Å². The summed E-state index contributed by atoms with van der Waals surface area (Å²) in [5.41, 5.74) is 5.90. The van der Waals surface area contributed by atoms with Gasteiger partial charge < -0.3 is 29.8 Å². The van der Waals surface area contributed by atoms with Gasteiger partial charge in [0.05, 0.1) is 12.6 Å². The number of hydrogen-bond donors (Lipinski definition) is 2. The first kappa shape index (κ1) is 15.8. The molecule has 108 valence electrons. The van der Waals surface area contributed by atoms with Crippen LogP contribution >= 0.6 is 0 Å². The van der Waals surface area contributed by atoms with Gasteiger partial charge in [-0.05, 0) is 20.8 Å². The molecule has 1 rings (SSSR count). The quantitative estimate of drug-likeness (QED) is 0.666. The molecule has 0 bridgehead atoms. The zero-order valence-electron chi connectivity index (χ0n) is 11.4. The minimum Gasteiger partial charge on any atom is -0.379 e. The lowest BCUT2D eigenvalue weighted by Crippen LogP contribution is -2.63. The Morgan fingerprint density at radius 1 is 1.06 bits per heavy atom. The van der Waals surface area contributed by atoms with Crippen LogP contribution in [0.15, 0.2) is 0 Å². The van der Waals surface area contributed by atoms with Crippen molar-refractivity contribution < 1.29 is 24.1 Å². The highest BCUT2D eigenvalue weighted by atomic mass is 16.7. The molecule has 1 heterocycles. The van der Waals surface area contributed by atoms with E-state index >= 15 is 0 Å². The molecule has 18 heavy (non-hydrogen) atoms. The van der Waals surface area contributed by atoms with Gasteiger partial charge in [0, 0.05) is 19.8 Å². The van der Waals surface area contributed by atoms with Crippen molar-refractivity contribution in [1.82, 2.24) is 0 Å². The van der Waals surface area contributed by atoms with Crippen LogP contribution < -0.4 is 5.73 Å². The SMILES string of the molecule is CCOC[C@H]1OC(O)[C@H](N)[C@@H](OCC)[C@@H]1OCC. The first-order valence-electron chi connectivity index (χ1n) is 6.55. The molecule has 0 aliphatic carbocycles. The van der Waals surface area contributed by atoms with Gasteiger partial charge in [0.15, 0.2) is 6.29 Å². The van der Waals surface area contributed by atoms with E-state index in [1.54, 1.807) is 0 Å². The summed E-state index contributed by atoms with van der Waals surface area (Å²) in [4.78, 5) is 0. The average molecular weight is 263 g/mol. The molecule has 3 N–H and O–H groups in total. The van der Waals surface area contributed by atoms with Crippen molar-refractivity contribution in [2.75, 3.05) is 26.4 Å². The maximum atomic E-state index is 9.79. The normalized spacial score (nSPS) is 36.8. The van der Waals surface area contributed by atoms with Gasteiger partial charge in [-0.2, -0.15) is 0 Å². The van der Waals surface area contributed by atoms with E-state index in [-0.39, 0.29) is 18.3 Å². The molecule has 5 atom stereocenters. The van der Waals surface area contributed by atoms with Crippen molar-refractivity contribution in [3.63, 3.8) is 0 Å². The highest BCUT2D eigenvalue weighted by Gasteiger charge is 2.44. The van der Waals surface area contributed by atoms with Crippen LogP contribution in [0.4, 0.5) is 0 Å². The van der Waals surface area contributed by atoms with E-state index in [9.17, 15) is 5.11 Å². The zero-order valence-corrected chi connectivity index (χ0v) is 11.4. The van der Waals surface area contributed by atoms with Crippen molar-refractivity contribution in [2.24, 2.45) is 5.73 Å². The first-order chi connectivity index (χ1) is 8.65. The summed E-state index contributed by atoms with van der Waals surface area (Å²) in [6.45, 7) is 7.67. The molecule has 0 aromatic heterocycles. The second kappa shape index (κ2) is 8.04. The van der Waals surface area contributed by atoms with Crippen LogP contribution in [-0.4, -0.2) is 62.2 Å². The third kappa shape index (κ3) is 3.88. The summed E-state index contributed by atoms with van der Waals surface area (Å²) in [5, 5.41) is 9.79. The fourth-order valence-electron chi connectivity index (χ4n) is 2.10. The first-order valence-corrected chi connectivity index (χ1v) is 6.55. The fraction of sp³-hybridized carbons (Fsp3) is 1.00. The Morgan fingerprint density at radius 2 is 1.67 bits per heavy atom. The summed E-state index contributed by atoms with van der Waals surface area (Å²) in [5.74, 6) is 0. The van der Waals surface area contributed by atoms with Crippen molar-refractivity contribution in [2.45, 2.75) is 51.4 Å². The maximum Gasteiger partial charge on any atom is 0.173 e. The van der Waals surface area contributed by atoms with Gasteiger partial charge in [0.25, 0.3) is 0 Å². The number of aliphatic hydroxyl groups excluding tert-OH is 1. The van der Waals surface area contributed by atoms with Crippen LogP contribution in [0.3, 0.4) is 0 Å². The zero-order chi connectivity index (χ0) is 13.5. The predicted molar refractivity (Wildman–Crippen MR) is 66.2 cm³/mol. The smallest absolute Gasteiger partial charge is 0.173 e. The van der Waals surface area contributed by atoms with Crippen LogP contribution in [-0.2, 0) is 18.9 Å². The van der Waals surface area contributed by atoms with E-state index in [4.69, 9.17) is 24.7 Å². The number of aliphatic hydroxyl groups is 1. The summed E-state index contributed by atoms with van der Waals surface area (Å²) in [6, 6.07) is -0.612. The van der Waals surface area contributed by atoms with Gasteiger partial charge in [0.1, 0.15) is 18.3 Å². The molecule has 0 aromatic carbocycles. The van der Waals surface area contributed by atoms with Crippen LogP contribution in [0.5, 0.6) is 0 Å².